The standard InChI is InChI=1S/C39H39N2O2Si/c1-38(2,3)33-22-23-35-29(25-33)21-24-36(37(35)43-44(4)5)42-27-34-26-41(28-40-34)39(30-15-9-6-10-16-30,31-17-11-7-12-18-31)32-19-13-8-14-20-32/h6-26,28H,27H2,1-5H3. The van der Waals surface area contributed by atoms with E-state index in [-0.39, 0.29) is 5.41 Å². The summed E-state index contributed by atoms with van der Waals surface area (Å²) in [4.78, 5) is 4.87. The molecule has 221 valence electrons. The van der Waals surface area contributed by atoms with Crippen molar-refractivity contribution in [2.24, 2.45) is 0 Å². The molecule has 0 aliphatic heterocycles. The summed E-state index contributed by atoms with van der Waals surface area (Å²) in [5, 5.41) is 2.23. The van der Waals surface area contributed by atoms with Gasteiger partial charge in [-0.3, -0.25) is 0 Å². The Morgan fingerprint density at radius 3 is 1.77 bits per heavy atom. The molecule has 0 unspecified atom stereocenters. The van der Waals surface area contributed by atoms with Crippen LogP contribution in [0.15, 0.2) is 134 Å². The van der Waals surface area contributed by atoms with Crippen LogP contribution >= 0.6 is 0 Å². The number of aromatic nitrogens is 2. The third-order valence-corrected chi connectivity index (χ3v) is 8.69. The second-order valence-corrected chi connectivity index (χ2v) is 14.5. The van der Waals surface area contributed by atoms with Gasteiger partial charge in [0.2, 0.25) is 0 Å². The van der Waals surface area contributed by atoms with Gasteiger partial charge in [0.1, 0.15) is 12.1 Å². The predicted octanol–water partition coefficient (Wildman–Crippen LogP) is 9.38. The maximum absolute atomic E-state index is 6.49. The lowest BCUT2D eigenvalue weighted by Gasteiger charge is -2.37. The third-order valence-electron chi connectivity index (χ3n) is 8.08. The molecule has 0 aliphatic rings. The quantitative estimate of drug-likeness (QED) is 0.123. The van der Waals surface area contributed by atoms with Crippen molar-refractivity contribution in [3.05, 3.63) is 162 Å². The number of hydrogen-bond acceptors (Lipinski definition) is 3. The number of rotatable bonds is 9. The van der Waals surface area contributed by atoms with Gasteiger partial charge in [0.25, 0.3) is 9.04 Å². The van der Waals surface area contributed by atoms with Gasteiger partial charge >= 0.3 is 0 Å². The first-order valence-corrected chi connectivity index (χ1v) is 17.6. The maximum atomic E-state index is 6.49. The van der Waals surface area contributed by atoms with Crippen LogP contribution in [0, 0.1) is 0 Å². The average Bonchev–Trinajstić information content (AvgIpc) is 3.51. The molecule has 0 bridgehead atoms. The summed E-state index contributed by atoms with van der Waals surface area (Å²) in [6.07, 6.45) is 4.04. The van der Waals surface area contributed by atoms with Crippen LogP contribution in [0.1, 0.15) is 48.7 Å². The van der Waals surface area contributed by atoms with Gasteiger partial charge in [-0.15, -0.1) is 0 Å². The van der Waals surface area contributed by atoms with Crippen molar-refractivity contribution in [2.75, 3.05) is 0 Å². The lowest BCUT2D eigenvalue weighted by molar-refractivity contribution is 0.293. The van der Waals surface area contributed by atoms with Crippen molar-refractivity contribution in [1.82, 2.24) is 9.55 Å². The monoisotopic (exact) mass is 595 g/mol. The smallest absolute Gasteiger partial charge is 0.274 e. The lowest BCUT2D eigenvalue weighted by atomic mass is 9.77. The van der Waals surface area contributed by atoms with Crippen LogP contribution in [0.5, 0.6) is 11.5 Å². The van der Waals surface area contributed by atoms with E-state index in [4.69, 9.17) is 14.1 Å². The Morgan fingerprint density at radius 1 is 0.682 bits per heavy atom. The molecule has 1 radical (unpaired) electrons. The molecule has 0 aliphatic carbocycles. The molecule has 5 heteroatoms. The van der Waals surface area contributed by atoms with Gasteiger partial charge in [-0.25, -0.2) is 4.98 Å². The summed E-state index contributed by atoms with van der Waals surface area (Å²) >= 11 is 0. The summed E-state index contributed by atoms with van der Waals surface area (Å²) in [6, 6.07) is 42.7. The SMILES string of the molecule is C[Si](C)Oc1c(OCc2cn(C(c3ccccc3)(c3ccccc3)c3ccccc3)cn2)ccc2cc(C(C)(C)C)ccc12. The Bertz CT molecular complexity index is 1750. The largest absolute Gasteiger partial charge is 0.540 e. The molecular formula is C39H39N2O2Si. The van der Waals surface area contributed by atoms with Gasteiger partial charge in [0, 0.05) is 11.6 Å². The molecule has 6 aromatic rings. The molecule has 1 heterocycles. The molecule has 0 spiro atoms. The first kappa shape index (κ1) is 29.5. The zero-order valence-corrected chi connectivity index (χ0v) is 27.1. The molecule has 0 N–H and O–H groups in total. The first-order chi connectivity index (χ1) is 21.3. The Kier molecular flexibility index (Phi) is 8.15. The van der Waals surface area contributed by atoms with Gasteiger partial charge in [-0.1, -0.05) is 136 Å². The fraction of sp³-hybridized carbons (Fsp3) is 0.205. The molecule has 0 atom stereocenters. The summed E-state index contributed by atoms with van der Waals surface area (Å²) in [5.74, 6) is 1.55. The van der Waals surface area contributed by atoms with Crippen molar-refractivity contribution in [2.45, 2.75) is 51.4 Å². The summed E-state index contributed by atoms with van der Waals surface area (Å²) < 4.78 is 15.2. The minimum atomic E-state index is -1.03. The Balaban J connectivity index is 1.40. The van der Waals surface area contributed by atoms with Gasteiger partial charge in [0.15, 0.2) is 11.5 Å². The van der Waals surface area contributed by atoms with Crippen molar-refractivity contribution in [3.63, 3.8) is 0 Å². The molecule has 0 saturated heterocycles. The fourth-order valence-corrected chi connectivity index (χ4v) is 6.55. The highest BCUT2D eigenvalue weighted by Crippen LogP contribution is 2.41. The van der Waals surface area contributed by atoms with E-state index in [0.717, 1.165) is 44.7 Å². The minimum absolute atomic E-state index is 0.0716. The Labute approximate surface area is 262 Å². The van der Waals surface area contributed by atoms with E-state index in [0.29, 0.717) is 6.61 Å². The van der Waals surface area contributed by atoms with Crippen LogP contribution in [-0.4, -0.2) is 18.6 Å². The van der Waals surface area contributed by atoms with Crippen molar-refractivity contribution < 1.29 is 9.16 Å². The zero-order valence-electron chi connectivity index (χ0n) is 26.1. The normalized spacial score (nSPS) is 12.0. The second-order valence-electron chi connectivity index (χ2n) is 12.5. The van der Waals surface area contributed by atoms with Crippen LogP contribution in [0.25, 0.3) is 10.8 Å². The Morgan fingerprint density at radius 2 is 1.25 bits per heavy atom. The zero-order chi connectivity index (χ0) is 30.7. The predicted molar refractivity (Wildman–Crippen MR) is 182 cm³/mol. The van der Waals surface area contributed by atoms with E-state index in [9.17, 15) is 0 Å². The van der Waals surface area contributed by atoms with E-state index in [1.807, 2.05) is 12.4 Å². The highest BCUT2D eigenvalue weighted by atomic mass is 28.3. The summed E-state index contributed by atoms with van der Waals surface area (Å²) in [7, 11) is -1.03. The number of nitrogens with zero attached hydrogens (tertiary/aromatic N) is 2. The summed E-state index contributed by atoms with van der Waals surface area (Å²) in [5.41, 5.74) is 5.06. The fourth-order valence-electron chi connectivity index (χ4n) is 5.93. The molecule has 44 heavy (non-hydrogen) atoms. The maximum Gasteiger partial charge on any atom is 0.274 e. The summed E-state index contributed by atoms with van der Waals surface area (Å²) in [6.45, 7) is 11.3. The van der Waals surface area contributed by atoms with E-state index in [2.05, 4.69) is 160 Å². The molecule has 4 nitrogen and oxygen atoms in total. The highest BCUT2D eigenvalue weighted by molar-refractivity contribution is 6.49. The molecule has 0 fully saturated rings. The molecule has 0 saturated carbocycles. The van der Waals surface area contributed by atoms with Crippen molar-refractivity contribution >= 4 is 19.8 Å². The van der Waals surface area contributed by atoms with Crippen molar-refractivity contribution in [1.29, 1.82) is 0 Å². The number of imidazole rings is 1. The van der Waals surface area contributed by atoms with Gasteiger partial charge < -0.3 is 13.7 Å². The molecule has 6 rings (SSSR count). The number of benzene rings is 5. The topological polar surface area (TPSA) is 36.3 Å². The van der Waals surface area contributed by atoms with Crippen LogP contribution in [0.3, 0.4) is 0 Å². The van der Waals surface area contributed by atoms with Crippen LogP contribution in [0.2, 0.25) is 13.1 Å². The molecule has 1 aromatic heterocycles. The number of ether oxygens (including phenoxy) is 1. The van der Waals surface area contributed by atoms with Gasteiger partial charge in [-0.05, 0) is 52.2 Å². The molecule has 0 amide bonds. The first-order valence-electron chi connectivity index (χ1n) is 15.1. The lowest BCUT2D eigenvalue weighted by Crippen LogP contribution is -2.36. The molecule has 5 aromatic carbocycles. The van der Waals surface area contributed by atoms with Crippen LogP contribution in [-0.2, 0) is 17.6 Å². The van der Waals surface area contributed by atoms with E-state index < -0.39 is 14.6 Å². The van der Waals surface area contributed by atoms with E-state index in [1.165, 1.54) is 5.56 Å². The third kappa shape index (κ3) is 5.68. The van der Waals surface area contributed by atoms with E-state index in [1.54, 1.807) is 0 Å². The minimum Gasteiger partial charge on any atom is -0.540 e. The average molecular weight is 596 g/mol. The van der Waals surface area contributed by atoms with E-state index >= 15 is 0 Å². The highest BCUT2D eigenvalue weighted by Gasteiger charge is 2.38. The second kappa shape index (κ2) is 12.2. The molecular weight excluding hydrogens is 557 g/mol. The van der Waals surface area contributed by atoms with Crippen LogP contribution in [0.4, 0.5) is 0 Å². The van der Waals surface area contributed by atoms with Gasteiger partial charge in [0.05, 0.1) is 12.0 Å². The number of fused-ring (bicyclic) bond motifs is 1. The Hall–Kier alpha value is -4.61. The van der Waals surface area contributed by atoms with Crippen molar-refractivity contribution in [3.8, 4) is 11.5 Å². The van der Waals surface area contributed by atoms with Crippen LogP contribution < -0.4 is 9.16 Å². The van der Waals surface area contributed by atoms with Gasteiger partial charge in [-0.2, -0.15) is 0 Å². The number of hydrogen-bond donors (Lipinski definition) is 0.